The van der Waals surface area contributed by atoms with E-state index >= 15 is 0 Å². The highest BCUT2D eigenvalue weighted by molar-refractivity contribution is 6.30. The van der Waals surface area contributed by atoms with Crippen LogP contribution in [-0.4, -0.2) is 19.3 Å². The summed E-state index contributed by atoms with van der Waals surface area (Å²) in [6, 6.07) is 4.45. The van der Waals surface area contributed by atoms with Gasteiger partial charge in [0.2, 0.25) is 0 Å². The van der Waals surface area contributed by atoms with Gasteiger partial charge in [-0.2, -0.15) is 13.2 Å². The van der Waals surface area contributed by atoms with Gasteiger partial charge in [-0.3, -0.25) is 0 Å². The van der Waals surface area contributed by atoms with Crippen molar-refractivity contribution in [2.75, 3.05) is 13.2 Å². The number of alkyl halides is 3. The molecule has 0 saturated heterocycles. The summed E-state index contributed by atoms with van der Waals surface area (Å²) in [4.78, 5) is 0. The molecule has 0 radical (unpaired) electrons. The second kappa shape index (κ2) is 6.29. The van der Waals surface area contributed by atoms with Crippen LogP contribution in [0.1, 0.15) is 25.5 Å². The van der Waals surface area contributed by atoms with Crippen LogP contribution in [0, 0.1) is 0 Å². The molecule has 18 heavy (non-hydrogen) atoms. The smallest absolute Gasteiger partial charge is 0.422 e. The van der Waals surface area contributed by atoms with Gasteiger partial charge in [-0.15, -0.1) is 0 Å². The van der Waals surface area contributed by atoms with Gasteiger partial charge < -0.3 is 10.1 Å². The Bertz CT molecular complexity index is 395. The summed E-state index contributed by atoms with van der Waals surface area (Å²) in [5.74, 6) is 0.199. The normalized spacial score (nSPS) is 13.4. The van der Waals surface area contributed by atoms with Crippen molar-refractivity contribution in [2.45, 2.75) is 26.1 Å². The fourth-order valence-corrected chi connectivity index (χ4v) is 1.75. The van der Waals surface area contributed by atoms with Crippen LogP contribution in [0.4, 0.5) is 13.2 Å². The van der Waals surface area contributed by atoms with Crippen molar-refractivity contribution in [3.63, 3.8) is 0 Å². The standard InChI is InChI=1S/C12H15ClF3NO/c1-3-17-8(2)10-6-9(13)4-5-11(10)18-7-12(14,15)16/h4-6,8,17H,3,7H2,1-2H3. The summed E-state index contributed by atoms with van der Waals surface area (Å²) in [6.45, 7) is 3.15. The number of benzene rings is 1. The highest BCUT2D eigenvalue weighted by Crippen LogP contribution is 2.29. The Balaban J connectivity index is 2.89. The fourth-order valence-electron chi connectivity index (χ4n) is 1.56. The third kappa shape index (κ3) is 4.74. The molecule has 0 fully saturated rings. The molecule has 1 aromatic carbocycles. The predicted octanol–water partition coefficient (Wildman–Crippen LogP) is 3.95. The van der Waals surface area contributed by atoms with Crippen molar-refractivity contribution in [1.29, 1.82) is 0 Å². The zero-order valence-electron chi connectivity index (χ0n) is 10.1. The largest absolute Gasteiger partial charge is 0.484 e. The van der Waals surface area contributed by atoms with Gasteiger partial charge in [0.1, 0.15) is 5.75 Å². The van der Waals surface area contributed by atoms with E-state index in [-0.39, 0.29) is 11.8 Å². The monoisotopic (exact) mass is 281 g/mol. The molecule has 6 heteroatoms. The maximum absolute atomic E-state index is 12.1. The second-order valence-corrected chi connectivity index (χ2v) is 4.30. The lowest BCUT2D eigenvalue weighted by atomic mass is 10.1. The molecule has 1 N–H and O–H groups in total. The molecule has 1 unspecified atom stereocenters. The van der Waals surface area contributed by atoms with Crippen molar-refractivity contribution in [2.24, 2.45) is 0 Å². The lowest BCUT2D eigenvalue weighted by molar-refractivity contribution is -0.153. The molecular formula is C12H15ClF3NO. The van der Waals surface area contributed by atoms with Gasteiger partial charge in [0.05, 0.1) is 0 Å². The van der Waals surface area contributed by atoms with Crippen LogP contribution in [0.25, 0.3) is 0 Å². The molecule has 1 rings (SSSR count). The number of nitrogens with one attached hydrogen (secondary N) is 1. The Kier molecular flexibility index (Phi) is 5.28. The molecule has 0 bridgehead atoms. The first kappa shape index (κ1) is 15.1. The van der Waals surface area contributed by atoms with E-state index in [4.69, 9.17) is 16.3 Å². The van der Waals surface area contributed by atoms with Gasteiger partial charge in [0, 0.05) is 16.6 Å². The van der Waals surface area contributed by atoms with E-state index in [2.05, 4.69) is 5.32 Å². The Labute approximate surface area is 109 Å². The van der Waals surface area contributed by atoms with Crippen molar-refractivity contribution in [1.82, 2.24) is 5.32 Å². The molecule has 1 aromatic rings. The van der Waals surface area contributed by atoms with Gasteiger partial charge in [0.25, 0.3) is 0 Å². The topological polar surface area (TPSA) is 21.3 Å². The van der Waals surface area contributed by atoms with Gasteiger partial charge in [-0.25, -0.2) is 0 Å². The summed E-state index contributed by atoms with van der Waals surface area (Å²) in [6.07, 6.45) is -4.35. The fraction of sp³-hybridized carbons (Fsp3) is 0.500. The zero-order valence-corrected chi connectivity index (χ0v) is 10.9. The average Bonchev–Trinajstić information content (AvgIpc) is 2.26. The molecule has 0 saturated carbocycles. The maximum Gasteiger partial charge on any atom is 0.422 e. The Morgan fingerprint density at radius 2 is 2.06 bits per heavy atom. The summed E-state index contributed by atoms with van der Waals surface area (Å²) in [5.41, 5.74) is 0.619. The number of hydrogen-bond acceptors (Lipinski definition) is 2. The first-order valence-corrected chi connectivity index (χ1v) is 5.93. The van der Waals surface area contributed by atoms with Crippen LogP contribution in [0.5, 0.6) is 5.75 Å². The van der Waals surface area contributed by atoms with E-state index in [0.29, 0.717) is 17.1 Å². The zero-order chi connectivity index (χ0) is 13.8. The van der Waals surface area contributed by atoms with Crippen molar-refractivity contribution >= 4 is 11.6 Å². The molecule has 0 heterocycles. The third-order valence-electron chi connectivity index (χ3n) is 2.34. The number of ether oxygens (including phenoxy) is 1. The van der Waals surface area contributed by atoms with E-state index in [9.17, 15) is 13.2 Å². The SMILES string of the molecule is CCNC(C)c1cc(Cl)ccc1OCC(F)(F)F. The Hall–Kier alpha value is -0.940. The molecule has 0 aliphatic carbocycles. The van der Waals surface area contributed by atoms with Gasteiger partial charge in [-0.05, 0) is 31.7 Å². The Morgan fingerprint density at radius 3 is 2.61 bits per heavy atom. The molecule has 1 atom stereocenters. The predicted molar refractivity (Wildman–Crippen MR) is 65.1 cm³/mol. The number of rotatable bonds is 5. The molecule has 0 aromatic heterocycles. The van der Waals surface area contributed by atoms with Crippen LogP contribution in [0.15, 0.2) is 18.2 Å². The minimum atomic E-state index is -4.35. The minimum Gasteiger partial charge on any atom is -0.484 e. The van der Waals surface area contributed by atoms with Gasteiger partial charge in [0.15, 0.2) is 6.61 Å². The van der Waals surface area contributed by atoms with Crippen LogP contribution in [-0.2, 0) is 0 Å². The first-order valence-electron chi connectivity index (χ1n) is 5.56. The summed E-state index contributed by atoms with van der Waals surface area (Å²) in [7, 11) is 0. The van der Waals surface area contributed by atoms with Gasteiger partial charge in [-0.1, -0.05) is 18.5 Å². The quantitative estimate of drug-likeness (QED) is 0.882. The lowest BCUT2D eigenvalue weighted by Crippen LogP contribution is -2.22. The van der Waals surface area contributed by atoms with E-state index in [1.807, 2.05) is 13.8 Å². The van der Waals surface area contributed by atoms with E-state index in [1.165, 1.54) is 12.1 Å². The molecule has 0 spiro atoms. The Morgan fingerprint density at radius 1 is 1.39 bits per heavy atom. The lowest BCUT2D eigenvalue weighted by Gasteiger charge is -2.18. The molecule has 0 aliphatic heterocycles. The van der Waals surface area contributed by atoms with Crippen LogP contribution >= 0.6 is 11.6 Å². The molecule has 102 valence electrons. The first-order chi connectivity index (χ1) is 8.33. The van der Waals surface area contributed by atoms with Crippen molar-refractivity contribution < 1.29 is 17.9 Å². The summed E-state index contributed by atoms with van der Waals surface area (Å²) in [5, 5.41) is 3.57. The van der Waals surface area contributed by atoms with Gasteiger partial charge >= 0.3 is 6.18 Å². The molecular weight excluding hydrogens is 267 g/mol. The van der Waals surface area contributed by atoms with Crippen LogP contribution in [0.3, 0.4) is 0 Å². The van der Waals surface area contributed by atoms with Crippen LogP contribution < -0.4 is 10.1 Å². The number of hydrogen-bond donors (Lipinski definition) is 1. The highest BCUT2D eigenvalue weighted by atomic mass is 35.5. The van der Waals surface area contributed by atoms with E-state index in [1.54, 1.807) is 6.07 Å². The van der Waals surface area contributed by atoms with Crippen LogP contribution in [0.2, 0.25) is 5.02 Å². The summed E-state index contributed by atoms with van der Waals surface area (Å²) < 4.78 is 41.2. The maximum atomic E-state index is 12.1. The van der Waals surface area contributed by atoms with E-state index < -0.39 is 12.8 Å². The number of halogens is 4. The molecule has 0 amide bonds. The van der Waals surface area contributed by atoms with E-state index in [0.717, 1.165) is 0 Å². The summed E-state index contributed by atoms with van der Waals surface area (Å²) >= 11 is 5.85. The van der Waals surface area contributed by atoms with Crippen molar-refractivity contribution in [3.8, 4) is 5.75 Å². The molecule has 0 aliphatic rings. The average molecular weight is 282 g/mol. The minimum absolute atomic E-state index is 0.128. The third-order valence-corrected chi connectivity index (χ3v) is 2.58. The highest BCUT2D eigenvalue weighted by Gasteiger charge is 2.29. The van der Waals surface area contributed by atoms with Crippen molar-refractivity contribution in [3.05, 3.63) is 28.8 Å². The molecule has 2 nitrogen and oxygen atoms in total. The second-order valence-electron chi connectivity index (χ2n) is 3.87.